The maximum atomic E-state index is 12.3. The number of nitrogens with zero attached hydrogens (tertiary/aromatic N) is 1. The first kappa shape index (κ1) is 18.0. The van der Waals surface area contributed by atoms with E-state index >= 15 is 0 Å². The van der Waals surface area contributed by atoms with Gasteiger partial charge in [0.15, 0.2) is 5.69 Å². The van der Waals surface area contributed by atoms with Crippen molar-refractivity contribution in [2.75, 3.05) is 13.1 Å². The van der Waals surface area contributed by atoms with E-state index in [4.69, 9.17) is 0 Å². The zero-order valence-electron chi connectivity index (χ0n) is 14.6. The smallest absolute Gasteiger partial charge is 0.273 e. The van der Waals surface area contributed by atoms with Crippen molar-refractivity contribution in [1.82, 2.24) is 15.6 Å². The summed E-state index contributed by atoms with van der Waals surface area (Å²) in [5.41, 5.74) is 1.17. The maximum absolute atomic E-state index is 12.3. The highest BCUT2D eigenvalue weighted by Crippen LogP contribution is 2.59. The number of carbonyl (C=O) groups is 2. The van der Waals surface area contributed by atoms with Crippen LogP contribution in [0.3, 0.4) is 0 Å². The Kier molecular flexibility index (Phi) is 5.26. The lowest BCUT2D eigenvalue weighted by atomic mass is 10.1. The van der Waals surface area contributed by atoms with Crippen molar-refractivity contribution in [3.8, 4) is 5.75 Å². The van der Waals surface area contributed by atoms with E-state index < -0.39 is 5.91 Å². The van der Waals surface area contributed by atoms with Crippen LogP contribution in [-0.2, 0) is 4.79 Å². The summed E-state index contributed by atoms with van der Waals surface area (Å²) in [6, 6.07) is 2.95. The number of nitrogens with one attached hydrogen (secondary N) is 2. The van der Waals surface area contributed by atoms with Crippen LogP contribution >= 0.6 is 0 Å². The SMILES string of the molecule is CC(C)=CC1C(C(=O)NCCNC(=O)c2ncccc2O)C1(C)C. The third kappa shape index (κ3) is 3.93. The molecule has 1 heterocycles. The summed E-state index contributed by atoms with van der Waals surface area (Å²) < 4.78 is 0. The van der Waals surface area contributed by atoms with Crippen molar-refractivity contribution in [1.29, 1.82) is 0 Å². The Hall–Kier alpha value is -2.37. The quantitative estimate of drug-likeness (QED) is 0.548. The molecule has 1 aliphatic rings. The van der Waals surface area contributed by atoms with Gasteiger partial charge in [0, 0.05) is 19.3 Å². The van der Waals surface area contributed by atoms with Crippen LogP contribution in [0.1, 0.15) is 38.2 Å². The van der Waals surface area contributed by atoms with E-state index in [9.17, 15) is 14.7 Å². The lowest BCUT2D eigenvalue weighted by molar-refractivity contribution is -0.123. The predicted molar refractivity (Wildman–Crippen MR) is 91.4 cm³/mol. The van der Waals surface area contributed by atoms with Crippen LogP contribution in [0.4, 0.5) is 0 Å². The molecule has 0 aromatic carbocycles. The second-order valence-electron chi connectivity index (χ2n) is 6.99. The highest BCUT2D eigenvalue weighted by molar-refractivity contribution is 5.94. The number of rotatable bonds is 6. The lowest BCUT2D eigenvalue weighted by Gasteiger charge is -2.08. The fourth-order valence-electron chi connectivity index (χ4n) is 2.98. The van der Waals surface area contributed by atoms with Crippen molar-refractivity contribution < 1.29 is 14.7 Å². The van der Waals surface area contributed by atoms with Crippen LogP contribution in [0.2, 0.25) is 0 Å². The topological polar surface area (TPSA) is 91.3 Å². The van der Waals surface area contributed by atoms with E-state index in [0.29, 0.717) is 6.54 Å². The molecular weight excluding hydrogens is 306 g/mol. The van der Waals surface area contributed by atoms with E-state index in [1.54, 1.807) is 6.07 Å². The van der Waals surface area contributed by atoms with Gasteiger partial charge in [-0.1, -0.05) is 25.5 Å². The average molecular weight is 331 g/mol. The van der Waals surface area contributed by atoms with Crippen molar-refractivity contribution in [2.45, 2.75) is 27.7 Å². The van der Waals surface area contributed by atoms with Gasteiger partial charge in [-0.2, -0.15) is 0 Å². The van der Waals surface area contributed by atoms with Crippen molar-refractivity contribution in [2.24, 2.45) is 17.3 Å². The van der Waals surface area contributed by atoms with Crippen LogP contribution < -0.4 is 10.6 Å². The van der Waals surface area contributed by atoms with Gasteiger partial charge in [0.1, 0.15) is 5.75 Å². The molecule has 1 aromatic heterocycles. The molecule has 1 aromatic rings. The molecule has 0 aliphatic heterocycles. The minimum Gasteiger partial charge on any atom is -0.505 e. The van der Waals surface area contributed by atoms with Crippen LogP contribution in [0.5, 0.6) is 5.75 Å². The maximum Gasteiger partial charge on any atom is 0.273 e. The molecule has 6 heteroatoms. The molecule has 2 unspecified atom stereocenters. The van der Waals surface area contributed by atoms with Gasteiger partial charge in [0.05, 0.1) is 5.92 Å². The molecule has 3 N–H and O–H groups in total. The molecular formula is C18H25N3O3. The molecule has 6 nitrogen and oxygen atoms in total. The zero-order valence-corrected chi connectivity index (χ0v) is 14.6. The highest BCUT2D eigenvalue weighted by Gasteiger charge is 2.60. The first-order valence-electron chi connectivity index (χ1n) is 8.10. The summed E-state index contributed by atoms with van der Waals surface area (Å²) in [4.78, 5) is 28.0. The molecule has 24 heavy (non-hydrogen) atoms. The third-order valence-electron chi connectivity index (χ3n) is 4.42. The van der Waals surface area contributed by atoms with Crippen LogP contribution in [-0.4, -0.2) is 35.0 Å². The van der Waals surface area contributed by atoms with Gasteiger partial charge in [0.2, 0.25) is 5.91 Å². The summed E-state index contributed by atoms with van der Waals surface area (Å²) in [6.07, 6.45) is 3.59. The van der Waals surface area contributed by atoms with E-state index in [1.165, 1.54) is 17.8 Å². The molecule has 0 bridgehead atoms. The van der Waals surface area contributed by atoms with Crippen LogP contribution in [0, 0.1) is 17.3 Å². The van der Waals surface area contributed by atoms with Gasteiger partial charge >= 0.3 is 0 Å². The molecule has 1 fully saturated rings. The van der Waals surface area contributed by atoms with E-state index in [-0.39, 0.29) is 41.1 Å². The molecule has 0 saturated heterocycles. The number of carbonyl (C=O) groups excluding carboxylic acids is 2. The van der Waals surface area contributed by atoms with Crippen LogP contribution in [0.15, 0.2) is 30.0 Å². The average Bonchev–Trinajstić information content (AvgIpc) is 3.03. The Morgan fingerprint density at radius 1 is 1.29 bits per heavy atom. The highest BCUT2D eigenvalue weighted by atomic mass is 16.3. The Bertz CT molecular complexity index is 663. The standard InChI is InChI=1S/C18H25N3O3/c1-11(2)10-12-14(18(12,3)4)16(23)20-8-9-21-17(24)15-13(22)6-5-7-19-15/h5-7,10,12,14,22H,8-9H2,1-4H3,(H,20,23)(H,21,24). The molecule has 0 radical (unpaired) electrons. The van der Waals surface area contributed by atoms with Gasteiger partial charge < -0.3 is 15.7 Å². The second kappa shape index (κ2) is 7.03. The van der Waals surface area contributed by atoms with Gasteiger partial charge in [-0.15, -0.1) is 0 Å². The molecule has 1 saturated carbocycles. The van der Waals surface area contributed by atoms with Crippen molar-refractivity contribution >= 4 is 11.8 Å². The third-order valence-corrected chi connectivity index (χ3v) is 4.42. The first-order chi connectivity index (χ1) is 11.2. The Balaban J connectivity index is 1.77. The number of hydrogen-bond donors (Lipinski definition) is 3. The number of amides is 2. The predicted octanol–water partition coefficient (Wildman–Crippen LogP) is 1.87. The minimum absolute atomic E-state index is 0.0115. The van der Waals surface area contributed by atoms with Gasteiger partial charge in [-0.05, 0) is 37.3 Å². The summed E-state index contributed by atoms with van der Waals surface area (Å²) in [5.74, 6) is -0.372. The van der Waals surface area contributed by atoms with Crippen LogP contribution in [0.25, 0.3) is 0 Å². The monoisotopic (exact) mass is 331 g/mol. The Morgan fingerprint density at radius 2 is 1.96 bits per heavy atom. The zero-order chi connectivity index (χ0) is 17.9. The summed E-state index contributed by atoms with van der Waals surface area (Å²) in [7, 11) is 0. The number of allylic oxidation sites excluding steroid dienone is 2. The van der Waals surface area contributed by atoms with Crippen molar-refractivity contribution in [3.05, 3.63) is 35.7 Å². The largest absolute Gasteiger partial charge is 0.505 e. The number of aromatic nitrogens is 1. The van der Waals surface area contributed by atoms with E-state index in [1.807, 2.05) is 13.8 Å². The van der Waals surface area contributed by atoms with Gasteiger partial charge in [0.25, 0.3) is 5.91 Å². The first-order valence-corrected chi connectivity index (χ1v) is 8.10. The summed E-state index contributed by atoms with van der Waals surface area (Å²) in [6.45, 7) is 8.87. The van der Waals surface area contributed by atoms with Crippen molar-refractivity contribution in [3.63, 3.8) is 0 Å². The minimum atomic E-state index is -0.462. The normalized spacial score (nSPS) is 20.8. The number of aromatic hydroxyl groups is 1. The molecule has 130 valence electrons. The summed E-state index contributed by atoms with van der Waals surface area (Å²) >= 11 is 0. The number of pyridine rings is 1. The Labute approximate surface area is 142 Å². The molecule has 0 spiro atoms. The molecule has 2 atom stereocenters. The fraction of sp³-hybridized carbons (Fsp3) is 0.500. The van der Waals surface area contributed by atoms with E-state index in [2.05, 4.69) is 35.5 Å². The fourth-order valence-corrected chi connectivity index (χ4v) is 2.98. The van der Waals surface area contributed by atoms with Gasteiger partial charge in [-0.25, -0.2) is 4.98 Å². The number of hydrogen-bond acceptors (Lipinski definition) is 4. The molecule has 1 aliphatic carbocycles. The molecule has 2 amide bonds. The second-order valence-corrected chi connectivity index (χ2v) is 6.99. The Morgan fingerprint density at radius 3 is 2.58 bits per heavy atom. The summed E-state index contributed by atoms with van der Waals surface area (Å²) in [5, 5.41) is 15.1. The molecule has 2 rings (SSSR count). The van der Waals surface area contributed by atoms with E-state index in [0.717, 1.165) is 0 Å². The van der Waals surface area contributed by atoms with Gasteiger partial charge in [-0.3, -0.25) is 9.59 Å². The lowest BCUT2D eigenvalue weighted by Crippen LogP contribution is -2.36.